The number of hydrogen-bond acceptors (Lipinski definition) is 1. The van der Waals surface area contributed by atoms with Gasteiger partial charge < -0.3 is 0 Å². The first-order chi connectivity index (χ1) is 8.91. The van der Waals surface area contributed by atoms with Crippen LogP contribution in [0, 0.1) is 26.7 Å². The van der Waals surface area contributed by atoms with Crippen molar-refractivity contribution in [2.75, 3.05) is 0 Å². The Labute approximate surface area is 114 Å². The number of aromatic nitrogens is 2. The third-order valence-electron chi connectivity index (χ3n) is 3.62. The molecule has 2 rings (SSSR count). The van der Waals surface area contributed by atoms with Crippen LogP contribution >= 0.6 is 0 Å². The molecule has 1 aromatic carbocycles. The van der Waals surface area contributed by atoms with Crippen LogP contribution in [0.5, 0.6) is 0 Å². The summed E-state index contributed by atoms with van der Waals surface area (Å²) in [7, 11) is 0. The molecule has 19 heavy (non-hydrogen) atoms. The molecule has 0 unspecified atom stereocenters. The van der Waals surface area contributed by atoms with E-state index in [0.717, 1.165) is 28.9 Å². The average molecular weight is 258 g/mol. The number of H-pyrrole nitrogens is 1. The van der Waals surface area contributed by atoms with E-state index in [1.807, 2.05) is 19.1 Å². The Balaban J connectivity index is 2.59. The first-order valence-electron chi connectivity index (χ1n) is 6.79. The Hall–Kier alpha value is -1.77. The second-order valence-corrected chi connectivity index (χ2v) is 5.67. The van der Waals surface area contributed by atoms with Crippen molar-refractivity contribution in [1.29, 1.82) is 0 Å². The second-order valence-electron chi connectivity index (χ2n) is 5.67. The van der Waals surface area contributed by atoms with Crippen molar-refractivity contribution in [1.82, 2.24) is 9.78 Å². The minimum absolute atomic E-state index is 0.0832. The molecule has 0 aliphatic carbocycles. The maximum atomic E-state index is 12.5. The van der Waals surface area contributed by atoms with E-state index in [0.29, 0.717) is 5.92 Å². The fraction of sp³-hybridized carbons (Fsp3) is 0.438. The largest absolute Gasteiger partial charge is 0.295 e. The number of rotatable bonds is 3. The zero-order chi connectivity index (χ0) is 14.2. The lowest BCUT2D eigenvalue weighted by atomic mass is 10.0. The van der Waals surface area contributed by atoms with Gasteiger partial charge >= 0.3 is 0 Å². The fourth-order valence-electron chi connectivity index (χ4n) is 2.38. The van der Waals surface area contributed by atoms with E-state index < -0.39 is 0 Å². The van der Waals surface area contributed by atoms with Crippen LogP contribution in [0.2, 0.25) is 0 Å². The van der Waals surface area contributed by atoms with E-state index in [1.54, 1.807) is 4.68 Å². The van der Waals surface area contributed by atoms with Gasteiger partial charge in [-0.2, -0.15) is 0 Å². The molecule has 0 saturated heterocycles. The molecule has 0 saturated carbocycles. The lowest BCUT2D eigenvalue weighted by Crippen LogP contribution is -2.19. The zero-order valence-electron chi connectivity index (χ0n) is 12.4. The molecule has 0 fully saturated rings. The Kier molecular flexibility index (Phi) is 3.65. The van der Waals surface area contributed by atoms with Crippen LogP contribution in [0.4, 0.5) is 0 Å². The third-order valence-corrected chi connectivity index (χ3v) is 3.62. The van der Waals surface area contributed by atoms with Crippen LogP contribution in [0.15, 0.2) is 23.0 Å². The van der Waals surface area contributed by atoms with E-state index in [2.05, 4.69) is 38.9 Å². The number of aromatic amines is 1. The van der Waals surface area contributed by atoms with Crippen molar-refractivity contribution in [3.63, 3.8) is 0 Å². The zero-order valence-corrected chi connectivity index (χ0v) is 12.4. The van der Waals surface area contributed by atoms with Gasteiger partial charge in [-0.1, -0.05) is 26.0 Å². The molecule has 1 aromatic heterocycles. The minimum Gasteiger partial charge on any atom is -0.295 e. The number of hydrogen-bond donors (Lipinski definition) is 1. The molecular formula is C16H22N2O. The maximum Gasteiger partial charge on any atom is 0.274 e. The van der Waals surface area contributed by atoms with Gasteiger partial charge in [-0.25, -0.2) is 4.68 Å². The highest BCUT2D eigenvalue weighted by atomic mass is 16.1. The summed E-state index contributed by atoms with van der Waals surface area (Å²) < 4.78 is 1.68. The monoisotopic (exact) mass is 258 g/mol. The van der Waals surface area contributed by atoms with E-state index in [-0.39, 0.29) is 5.56 Å². The van der Waals surface area contributed by atoms with E-state index in [1.165, 1.54) is 5.56 Å². The molecule has 3 nitrogen and oxygen atoms in total. The van der Waals surface area contributed by atoms with Crippen molar-refractivity contribution in [3.05, 3.63) is 50.9 Å². The molecule has 0 spiro atoms. The molecule has 3 heteroatoms. The van der Waals surface area contributed by atoms with Gasteiger partial charge in [-0.05, 0) is 50.3 Å². The van der Waals surface area contributed by atoms with E-state index in [4.69, 9.17) is 0 Å². The average Bonchev–Trinajstić information content (AvgIpc) is 2.60. The summed E-state index contributed by atoms with van der Waals surface area (Å²) in [5.41, 5.74) is 5.24. The number of benzene rings is 1. The molecule has 0 radical (unpaired) electrons. The van der Waals surface area contributed by atoms with Crippen LogP contribution in [-0.2, 0) is 6.42 Å². The maximum absolute atomic E-state index is 12.5. The van der Waals surface area contributed by atoms with Gasteiger partial charge in [0.2, 0.25) is 0 Å². The predicted octanol–water partition coefficient (Wildman–Crippen LogP) is 3.29. The molecule has 102 valence electrons. The van der Waals surface area contributed by atoms with Gasteiger partial charge in [-0.3, -0.25) is 9.89 Å². The van der Waals surface area contributed by atoms with Crippen LogP contribution < -0.4 is 5.56 Å². The third kappa shape index (κ3) is 2.50. The molecule has 0 amide bonds. The van der Waals surface area contributed by atoms with Crippen LogP contribution in [0.1, 0.15) is 36.2 Å². The Morgan fingerprint density at radius 1 is 1.21 bits per heavy atom. The number of nitrogens with zero attached hydrogens (tertiary/aromatic N) is 1. The normalized spacial score (nSPS) is 11.3. The summed E-state index contributed by atoms with van der Waals surface area (Å²) in [6.07, 6.45) is 0.818. The van der Waals surface area contributed by atoms with Gasteiger partial charge in [0.05, 0.1) is 5.69 Å². The second kappa shape index (κ2) is 5.08. The highest BCUT2D eigenvalue weighted by molar-refractivity contribution is 5.44. The molecule has 0 aliphatic heterocycles. The summed E-state index contributed by atoms with van der Waals surface area (Å²) in [5, 5.41) is 3.21. The quantitative estimate of drug-likeness (QED) is 0.901. The molecule has 1 N–H and O–H groups in total. The summed E-state index contributed by atoms with van der Waals surface area (Å²) in [5.74, 6) is 0.481. The van der Waals surface area contributed by atoms with Crippen molar-refractivity contribution < 1.29 is 0 Å². The van der Waals surface area contributed by atoms with Crippen LogP contribution in [-0.4, -0.2) is 9.78 Å². The minimum atomic E-state index is 0.0832. The predicted molar refractivity (Wildman–Crippen MR) is 79.1 cm³/mol. The molecular weight excluding hydrogens is 236 g/mol. The van der Waals surface area contributed by atoms with Gasteiger partial charge in [-0.15, -0.1) is 0 Å². The van der Waals surface area contributed by atoms with Crippen molar-refractivity contribution in [3.8, 4) is 5.69 Å². The Morgan fingerprint density at radius 2 is 1.89 bits per heavy atom. The first-order valence-corrected chi connectivity index (χ1v) is 6.79. The molecule has 0 bridgehead atoms. The molecule has 1 heterocycles. The highest BCUT2D eigenvalue weighted by Gasteiger charge is 2.14. The van der Waals surface area contributed by atoms with E-state index in [9.17, 15) is 4.79 Å². The standard InChI is InChI=1S/C16H22N2O/c1-10(2)9-14-13(5)17-18(16(14)19)15-8-6-7-11(3)12(15)4/h6-8,10,17H,9H2,1-5H3. The SMILES string of the molecule is Cc1cccc(-n2[nH]c(C)c(CC(C)C)c2=O)c1C. The topological polar surface area (TPSA) is 37.8 Å². The Morgan fingerprint density at radius 3 is 2.53 bits per heavy atom. The number of nitrogens with one attached hydrogen (secondary N) is 1. The summed E-state index contributed by atoms with van der Waals surface area (Å²) >= 11 is 0. The first kappa shape index (κ1) is 13.7. The smallest absolute Gasteiger partial charge is 0.274 e. The van der Waals surface area contributed by atoms with Crippen molar-refractivity contribution >= 4 is 0 Å². The van der Waals surface area contributed by atoms with E-state index >= 15 is 0 Å². The van der Waals surface area contributed by atoms with Gasteiger partial charge in [0, 0.05) is 11.3 Å². The Bertz CT molecular complexity index is 647. The fourth-order valence-corrected chi connectivity index (χ4v) is 2.38. The van der Waals surface area contributed by atoms with Crippen molar-refractivity contribution in [2.24, 2.45) is 5.92 Å². The summed E-state index contributed by atoms with van der Waals surface area (Å²) in [4.78, 5) is 12.5. The van der Waals surface area contributed by atoms with Crippen molar-refractivity contribution in [2.45, 2.75) is 41.0 Å². The lowest BCUT2D eigenvalue weighted by Gasteiger charge is -2.08. The molecule has 0 atom stereocenters. The van der Waals surface area contributed by atoms with Crippen LogP contribution in [0.25, 0.3) is 5.69 Å². The molecule has 0 aliphatic rings. The lowest BCUT2D eigenvalue weighted by molar-refractivity contribution is 0.642. The summed E-state index contributed by atoms with van der Waals surface area (Å²) in [6.45, 7) is 10.4. The van der Waals surface area contributed by atoms with Gasteiger partial charge in [0.15, 0.2) is 0 Å². The number of aryl methyl sites for hydroxylation is 2. The van der Waals surface area contributed by atoms with Gasteiger partial charge in [0.1, 0.15) is 0 Å². The molecule has 2 aromatic rings. The van der Waals surface area contributed by atoms with Gasteiger partial charge in [0.25, 0.3) is 5.56 Å². The van der Waals surface area contributed by atoms with Crippen LogP contribution in [0.3, 0.4) is 0 Å². The highest BCUT2D eigenvalue weighted by Crippen LogP contribution is 2.17. The summed E-state index contributed by atoms with van der Waals surface area (Å²) in [6, 6.07) is 6.04.